The number of nitrogens with one attached hydrogen (secondary N) is 2. The van der Waals surface area contributed by atoms with E-state index in [4.69, 9.17) is 0 Å². The minimum atomic E-state index is -0.619. The molecule has 0 aromatic rings. The van der Waals surface area contributed by atoms with Crippen molar-refractivity contribution >= 4 is 5.91 Å². The number of piperazine rings is 1. The lowest BCUT2D eigenvalue weighted by molar-refractivity contribution is -0.124. The van der Waals surface area contributed by atoms with E-state index in [1.807, 2.05) is 0 Å². The second-order valence-corrected chi connectivity index (χ2v) is 1.95. The number of carbonyl (C=O) groups excluding carboxylic acids is 1. The predicted molar refractivity (Wildman–Crippen MR) is 30.8 cm³/mol. The van der Waals surface area contributed by atoms with E-state index >= 15 is 0 Å². The first kappa shape index (κ1) is 6.48. The summed E-state index contributed by atoms with van der Waals surface area (Å²) in [5, 5.41) is 5.27. The highest BCUT2D eigenvalue weighted by atomic mass is 19.1. The Kier molecular flexibility index (Phi) is 2.00. The molecule has 1 amide bonds. The van der Waals surface area contributed by atoms with E-state index in [0.29, 0.717) is 13.1 Å². The topological polar surface area (TPSA) is 41.1 Å². The number of hydrogen-bond donors (Lipinski definition) is 2. The van der Waals surface area contributed by atoms with Gasteiger partial charge < -0.3 is 10.6 Å². The molecule has 1 saturated heterocycles. The molecule has 0 aromatic carbocycles. The van der Waals surface area contributed by atoms with Gasteiger partial charge >= 0.3 is 0 Å². The van der Waals surface area contributed by atoms with Crippen LogP contribution in [0.15, 0.2) is 0 Å². The van der Waals surface area contributed by atoms with Crippen LogP contribution in [-0.2, 0) is 4.79 Å². The van der Waals surface area contributed by atoms with E-state index in [1.165, 1.54) is 0 Å². The molecule has 1 aliphatic heterocycles. The Morgan fingerprint density at radius 2 is 2.44 bits per heavy atom. The zero-order valence-corrected chi connectivity index (χ0v) is 4.98. The highest BCUT2D eigenvalue weighted by molar-refractivity contribution is 5.82. The van der Waals surface area contributed by atoms with Crippen LogP contribution in [0.25, 0.3) is 0 Å². The molecule has 0 bridgehead atoms. The van der Waals surface area contributed by atoms with Crippen molar-refractivity contribution in [3.05, 3.63) is 0 Å². The lowest BCUT2D eigenvalue weighted by Crippen LogP contribution is -2.53. The standard InChI is InChI=1S/C5H9FN2O/c6-3-4-5(9)8-2-1-7-4/h4,7H,1-3H2,(H,8,9). The van der Waals surface area contributed by atoms with Gasteiger partial charge in [-0.25, -0.2) is 4.39 Å². The van der Waals surface area contributed by atoms with Crippen molar-refractivity contribution in [2.45, 2.75) is 6.04 Å². The smallest absolute Gasteiger partial charge is 0.239 e. The molecule has 1 heterocycles. The molecular formula is C5H9FN2O. The number of carbonyl (C=O) groups is 1. The number of halogens is 1. The van der Waals surface area contributed by atoms with E-state index in [1.54, 1.807) is 0 Å². The van der Waals surface area contributed by atoms with Crippen LogP contribution in [0.5, 0.6) is 0 Å². The van der Waals surface area contributed by atoms with Crippen molar-refractivity contribution in [1.29, 1.82) is 0 Å². The fourth-order valence-corrected chi connectivity index (χ4v) is 0.773. The molecule has 1 fully saturated rings. The van der Waals surface area contributed by atoms with Crippen molar-refractivity contribution in [2.75, 3.05) is 19.8 Å². The van der Waals surface area contributed by atoms with Crippen LogP contribution in [-0.4, -0.2) is 31.7 Å². The maximum absolute atomic E-state index is 11.8. The van der Waals surface area contributed by atoms with Crippen molar-refractivity contribution < 1.29 is 9.18 Å². The van der Waals surface area contributed by atoms with Gasteiger partial charge in [0.1, 0.15) is 12.7 Å². The minimum Gasteiger partial charge on any atom is -0.353 e. The molecule has 4 heteroatoms. The van der Waals surface area contributed by atoms with E-state index in [-0.39, 0.29) is 5.91 Å². The fourth-order valence-electron chi connectivity index (χ4n) is 0.773. The summed E-state index contributed by atoms with van der Waals surface area (Å²) < 4.78 is 11.8. The lowest BCUT2D eigenvalue weighted by Gasteiger charge is -2.20. The summed E-state index contributed by atoms with van der Waals surface area (Å²) in [6, 6.07) is -0.612. The first-order valence-corrected chi connectivity index (χ1v) is 2.91. The summed E-state index contributed by atoms with van der Waals surface area (Å²) in [6.45, 7) is 0.654. The number of rotatable bonds is 1. The molecule has 1 atom stereocenters. The molecule has 0 spiro atoms. The molecule has 0 radical (unpaired) electrons. The Hall–Kier alpha value is -0.640. The Morgan fingerprint density at radius 1 is 1.67 bits per heavy atom. The molecular weight excluding hydrogens is 123 g/mol. The average Bonchev–Trinajstić information content (AvgIpc) is 1.89. The van der Waals surface area contributed by atoms with E-state index in [9.17, 15) is 9.18 Å². The average molecular weight is 132 g/mol. The van der Waals surface area contributed by atoms with Gasteiger partial charge in [0.05, 0.1) is 0 Å². The minimum absolute atomic E-state index is 0.233. The number of amides is 1. The molecule has 52 valence electrons. The van der Waals surface area contributed by atoms with E-state index in [2.05, 4.69) is 10.6 Å². The quantitative estimate of drug-likeness (QED) is 0.482. The van der Waals surface area contributed by atoms with Crippen LogP contribution in [0, 0.1) is 0 Å². The summed E-state index contributed by atoms with van der Waals surface area (Å²) in [4.78, 5) is 10.6. The summed E-state index contributed by atoms with van der Waals surface area (Å²) in [5.74, 6) is -0.233. The summed E-state index contributed by atoms with van der Waals surface area (Å²) >= 11 is 0. The van der Waals surface area contributed by atoms with E-state index < -0.39 is 12.7 Å². The van der Waals surface area contributed by atoms with Gasteiger partial charge in [0, 0.05) is 13.1 Å². The van der Waals surface area contributed by atoms with Crippen LogP contribution in [0.1, 0.15) is 0 Å². The summed E-state index contributed by atoms with van der Waals surface area (Å²) in [6.07, 6.45) is 0. The lowest BCUT2D eigenvalue weighted by atomic mass is 10.2. The monoisotopic (exact) mass is 132 g/mol. The molecule has 1 aliphatic rings. The molecule has 1 unspecified atom stereocenters. The highest BCUT2D eigenvalue weighted by Crippen LogP contribution is 1.88. The first-order chi connectivity index (χ1) is 4.34. The maximum Gasteiger partial charge on any atom is 0.239 e. The van der Waals surface area contributed by atoms with Gasteiger partial charge in [-0.05, 0) is 0 Å². The van der Waals surface area contributed by atoms with Crippen LogP contribution in [0.4, 0.5) is 4.39 Å². The summed E-state index contributed by atoms with van der Waals surface area (Å²) in [5.41, 5.74) is 0. The predicted octanol–water partition coefficient (Wildman–Crippen LogP) is -0.956. The van der Waals surface area contributed by atoms with Gasteiger partial charge in [0.25, 0.3) is 0 Å². The Bertz CT molecular complexity index is 118. The van der Waals surface area contributed by atoms with Crippen molar-refractivity contribution in [3.63, 3.8) is 0 Å². The second kappa shape index (κ2) is 2.77. The third kappa shape index (κ3) is 1.38. The summed E-state index contributed by atoms with van der Waals surface area (Å²) in [7, 11) is 0. The Balaban J connectivity index is 2.39. The van der Waals surface area contributed by atoms with Crippen LogP contribution < -0.4 is 10.6 Å². The maximum atomic E-state index is 11.8. The Labute approximate surface area is 52.6 Å². The number of alkyl halides is 1. The van der Waals surface area contributed by atoms with Crippen molar-refractivity contribution in [3.8, 4) is 0 Å². The van der Waals surface area contributed by atoms with Crippen LogP contribution in [0.2, 0.25) is 0 Å². The van der Waals surface area contributed by atoms with Gasteiger partial charge in [0.15, 0.2) is 0 Å². The normalized spacial score (nSPS) is 27.7. The first-order valence-electron chi connectivity index (χ1n) is 2.91. The molecule has 3 nitrogen and oxygen atoms in total. The fraction of sp³-hybridized carbons (Fsp3) is 0.800. The van der Waals surface area contributed by atoms with Crippen molar-refractivity contribution in [1.82, 2.24) is 10.6 Å². The second-order valence-electron chi connectivity index (χ2n) is 1.95. The third-order valence-electron chi connectivity index (χ3n) is 1.29. The van der Waals surface area contributed by atoms with Crippen LogP contribution in [0.3, 0.4) is 0 Å². The zero-order chi connectivity index (χ0) is 6.69. The largest absolute Gasteiger partial charge is 0.353 e. The van der Waals surface area contributed by atoms with Crippen molar-refractivity contribution in [2.24, 2.45) is 0 Å². The SMILES string of the molecule is O=C1NCCNC1CF. The van der Waals surface area contributed by atoms with Crippen LogP contribution >= 0.6 is 0 Å². The molecule has 2 N–H and O–H groups in total. The van der Waals surface area contributed by atoms with Gasteiger partial charge in [-0.3, -0.25) is 4.79 Å². The van der Waals surface area contributed by atoms with Gasteiger partial charge in [0.2, 0.25) is 5.91 Å². The van der Waals surface area contributed by atoms with E-state index in [0.717, 1.165) is 0 Å². The molecule has 9 heavy (non-hydrogen) atoms. The van der Waals surface area contributed by atoms with Gasteiger partial charge in [-0.15, -0.1) is 0 Å². The van der Waals surface area contributed by atoms with Gasteiger partial charge in [-0.2, -0.15) is 0 Å². The van der Waals surface area contributed by atoms with Gasteiger partial charge in [-0.1, -0.05) is 0 Å². The third-order valence-corrected chi connectivity index (χ3v) is 1.29. The highest BCUT2D eigenvalue weighted by Gasteiger charge is 2.19. The number of hydrogen-bond acceptors (Lipinski definition) is 2. The Morgan fingerprint density at radius 3 is 2.89 bits per heavy atom. The molecule has 0 aromatic heterocycles. The molecule has 0 aliphatic carbocycles. The zero-order valence-electron chi connectivity index (χ0n) is 4.98. The molecule has 0 saturated carbocycles. The molecule has 1 rings (SSSR count).